The first-order valence-corrected chi connectivity index (χ1v) is 4.27. The Morgan fingerprint density at radius 3 is 2.50 bits per heavy atom. The lowest BCUT2D eigenvalue weighted by atomic mass is 10.3. The second kappa shape index (κ2) is 8.70. The van der Waals surface area contributed by atoms with Crippen LogP contribution in [0.5, 0.6) is 0 Å². The van der Waals surface area contributed by atoms with Crippen LogP contribution in [0.15, 0.2) is 12.2 Å². The fraction of sp³-hybridized carbons (Fsp3) is 0.778. The summed E-state index contributed by atoms with van der Waals surface area (Å²) in [5, 5.41) is 3.31. The highest BCUT2D eigenvalue weighted by Gasteiger charge is 1.77. The van der Waals surface area contributed by atoms with Gasteiger partial charge in [0.1, 0.15) is 0 Å². The van der Waals surface area contributed by atoms with Gasteiger partial charge in [0.2, 0.25) is 0 Å². The molecule has 0 saturated heterocycles. The van der Waals surface area contributed by atoms with Crippen molar-refractivity contribution in [3.8, 4) is 0 Å². The van der Waals surface area contributed by atoms with E-state index < -0.39 is 0 Å². The van der Waals surface area contributed by atoms with E-state index in [0.29, 0.717) is 0 Å². The molecule has 60 valence electrons. The van der Waals surface area contributed by atoms with Crippen LogP contribution in [0.25, 0.3) is 0 Å². The van der Waals surface area contributed by atoms with Gasteiger partial charge in [0.15, 0.2) is 0 Å². The van der Waals surface area contributed by atoms with Gasteiger partial charge in [-0.25, -0.2) is 0 Å². The Morgan fingerprint density at radius 1 is 1.10 bits per heavy atom. The van der Waals surface area contributed by atoms with Crippen molar-refractivity contribution in [2.24, 2.45) is 0 Å². The Labute approximate surface area is 64.5 Å². The Morgan fingerprint density at radius 2 is 1.90 bits per heavy atom. The number of unbranched alkanes of at least 4 members (excludes halogenated alkanes) is 1. The minimum Gasteiger partial charge on any atom is -0.313 e. The zero-order valence-corrected chi connectivity index (χ0v) is 7.19. The van der Waals surface area contributed by atoms with Crippen LogP contribution in [0.4, 0.5) is 0 Å². The third-order valence-corrected chi connectivity index (χ3v) is 1.31. The molecule has 1 N–H and O–H groups in total. The van der Waals surface area contributed by atoms with Crippen molar-refractivity contribution in [2.75, 3.05) is 13.1 Å². The van der Waals surface area contributed by atoms with Gasteiger partial charge in [-0.3, -0.25) is 0 Å². The van der Waals surface area contributed by atoms with Crippen LogP contribution >= 0.6 is 0 Å². The van der Waals surface area contributed by atoms with Gasteiger partial charge >= 0.3 is 0 Å². The van der Waals surface area contributed by atoms with Crippen LogP contribution in [-0.4, -0.2) is 13.1 Å². The average Bonchev–Trinajstić information content (AvgIpc) is 1.97. The molecule has 1 heteroatoms. The second-order valence-electron chi connectivity index (χ2n) is 2.46. The summed E-state index contributed by atoms with van der Waals surface area (Å²) in [5.74, 6) is 0. The van der Waals surface area contributed by atoms with E-state index in [1.54, 1.807) is 0 Å². The third-order valence-electron chi connectivity index (χ3n) is 1.31. The summed E-state index contributed by atoms with van der Waals surface area (Å²) in [6, 6.07) is 0. The lowest BCUT2D eigenvalue weighted by molar-refractivity contribution is 0.727. The molecule has 0 amide bonds. The molecule has 0 fully saturated rings. The lowest BCUT2D eigenvalue weighted by Gasteiger charge is -1.95. The smallest absolute Gasteiger partial charge is 0.0134 e. The maximum Gasteiger partial charge on any atom is 0.0134 e. The van der Waals surface area contributed by atoms with Crippen LogP contribution in [-0.2, 0) is 0 Å². The van der Waals surface area contributed by atoms with Crippen molar-refractivity contribution >= 4 is 0 Å². The summed E-state index contributed by atoms with van der Waals surface area (Å²) >= 11 is 0. The summed E-state index contributed by atoms with van der Waals surface area (Å²) in [4.78, 5) is 0. The first-order valence-electron chi connectivity index (χ1n) is 4.27. The fourth-order valence-corrected chi connectivity index (χ4v) is 0.730. The molecule has 0 aliphatic carbocycles. The van der Waals surface area contributed by atoms with Gasteiger partial charge in [-0.05, 0) is 19.4 Å². The largest absolute Gasteiger partial charge is 0.313 e. The summed E-state index contributed by atoms with van der Waals surface area (Å²) in [6.07, 6.45) is 8.14. The molecule has 10 heavy (non-hydrogen) atoms. The van der Waals surface area contributed by atoms with Crippen LogP contribution in [0, 0.1) is 0 Å². The predicted molar refractivity (Wildman–Crippen MR) is 47.2 cm³/mol. The van der Waals surface area contributed by atoms with E-state index in [4.69, 9.17) is 0 Å². The molecule has 0 aromatic heterocycles. The highest BCUT2D eigenvalue weighted by Crippen LogP contribution is 1.86. The number of hydrogen-bond acceptors (Lipinski definition) is 1. The molecule has 1 nitrogen and oxygen atoms in total. The first kappa shape index (κ1) is 9.70. The number of hydrogen-bond donors (Lipinski definition) is 1. The van der Waals surface area contributed by atoms with Crippen molar-refractivity contribution < 1.29 is 0 Å². The Balaban J connectivity index is 2.88. The standard InChI is InChI=1S/C9H19N/c1-3-5-6-7-9-10-8-4-2/h6-7,10H,3-5,8-9H2,1-2H3. The molecular formula is C9H19N. The molecule has 0 aromatic carbocycles. The minimum absolute atomic E-state index is 1.04. The normalized spacial score (nSPS) is 11.0. The summed E-state index contributed by atoms with van der Waals surface area (Å²) in [5.41, 5.74) is 0. The zero-order valence-electron chi connectivity index (χ0n) is 7.19. The van der Waals surface area contributed by atoms with Crippen molar-refractivity contribution in [1.29, 1.82) is 0 Å². The van der Waals surface area contributed by atoms with Crippen molar-refractivity contribution in [3.63, 3.8) is 0 Å². The third kappa shape index (κ3) is 7.70. The molecule has 0 heterocycles. The fourth-order valence-electron chi connectivity index (χ4n) is 0.730. The van der Waals surface area contributed by atoms with Crippen molar-refractivity contribution in [3.05, 3.63) is 12.2 Å². The van der Waals surface area contributed by atoms with Crippen molar-refractivity contribution in [1.82, 2.24) is 5.32 Å². The van der Waals surface area contributed by atoms with Gasteiger partial charge in [0.05, 0.1) is 0 Å². The molecule has 0 aliphatic heterocycles. The van der Waals surface area contributed by atoms with E-state index in [2.05, 4.69) is 31.3 Å². The van der Waals surface area contributed by atoms with E-state index in [1.165, 1.54) is 19.3 Å². The summed E-state index contributed by atoms with van der Waals surface area (Å²) in [6.45, 7) is 6.55. The van der Waals surface area contributed by atoms with Gasteiger partial charge in [-0.15, -0.1) is 0 Å². The monoisotopic (exact) mass is 141 g/mol. The quantitative estimate of drug-likeness (QED) is 0.442. The molecule has 0 aromatic rings. The van der Waals surface area contributed by atoms with Crippen LogP contribution < -0.4 is 5.32 Å². The van der Waals surface area contributed by atoms with E-state index in [0.717, 1.165) is 13.1 Å². The lowest BCUT2D eigenvalue weighted by Crippen LogP contribution is -2.13. The van der Waals surface area contributed by atoms with Crippen LogP contribution in [0.2, 0.25) is 0 Å². The highest BCUT2D eigenvalue weighted by molar-refractivity contribution is 4.82. The number of allylic oxidation sites excluding steroid dienone is 1. The SMILES string of the molecule is CCCC=CCNCCC. The Hall–Kier alpha value is -0.300. The molecule has 0 aliphatic rings. The predicted octanol–water partition coefficient (Wildman–Crippen LogP) is 2.34. The van der Waals surface area contributed by atoms with Gasteiger partial charge in [-0.2, -0.15) is 0 Å². The molecular weight excluding hydrogens is 122 g/mol. The maximum atomic E-state index is 3.31. The molecule has 0 rings (SSSR count). The zero-order chi connectivity index (χ0) is 7.66. The Kier molecular flexibility index (Phi) is 8.44. The van der Waals surface area contributed by atoms with Crippen LogP contribution in [0.1, 0.15) is 33.1 Å². The van der Waals surface area contributed by atoms with Gasteiger partial charge in [-0.1, -0.05) is 32.4 Å². The highest BCUT2D eigenvalue weighted by atomic mass is 14.8. The topological polar surface area (TPSA) is 12.0 Å². The van der Waals surface area contributed by atoms with E-state index >= 15 is 0 Å². The average molecular weight is 141 g/mol. The van der Waals surface area contributed by atoms with E-state index in [9.17, 15) is 0 Å². The second-order valence-corrected chi connectivity index (χ2v) is 2.46. The molecule has 0 unspecified atom stereocenters. The van der Waals surface area contributed by atoms with Crippen LogP contribution in [0.3, 0.4) is 0 Å². The van der Waals surface area contributed by atoms with Crippen molar-refractivity contribution in [2.45, 2.75) is 33.1 Å². The Bertz CT molecular complexity index is 76.8. The molecule has 0 bridgehead atoms. The van der Waals surface area contributed by atoms with E-state index in [1.807, 2.05) is 0 Å². The minimum atomic E-state index is 1.04. The van der Waals surface area contributed by atoms with Gasteiger partial charge in [0.25, 0.3) is 0 Å². The number of rotatable bonds is 6. The molecule has 0 spiro atoms. The first-order chi connectivity index (χ1) is 4.91. The van der Waals surface area contributed by atoms with Gasteiger partial charge in [0, 0.05) is 6.54 Å². The van der Waals surface area contributed by atoms with E-state index in [-0.39, 0.29) is 0 Å². The van der Waals surface area contributed by atoms with Gasteiger partial charge < -0.3 is 5.32 Å². The summed E-state index contributed by atoms with van der Waals surface area (Å²) in [7, 11) is 0. The molecule has 0 radical (unpaired) electrons. The molecule has 0 atom stereocenters. The molecule has 0 saturated carbocycles. The number of nitrogens with one attached hydrogen (secondary N) is 1. The summed E-state index contributed by atoms with van der Waals surface area (Å²) < 4.78 is 0. The maximum absolute atomic E-state index is 3.31.